The molecule has 4 rings (SSSR count). The predicted octanol–water partition coefficient (Wildman–Crippen LogP) is 1.50. The average molecular weight is 371 g/mol. The first kappa shape index (κ1) is 18.5. The third-order valence-corrected chi connectivity index (χ3v) is 5.94. The summed E-state index contributed by atoms with van der Waals surface area (Å²) in [6.07, 6.45) is 1.45. The van der Waals surface area contributed by atoms with Gasteiger partial charge in [0.2, 0.25) is 5.91 Å². The standard InChI is InChI=1S/C21H29N3O3/c1-20(2,3)11-22-18(25)12-8-14-13-6-5-7-15-17(13)21(27,19(26)23-15)9-16(14)24(4)10-12/h5-8,12,16,19,23,26-27H,9-11H2,1-4H3,(H,22,25). The number of likely N-dealkylation sites (N-methyl/N-ethyl adjacent to an activating group) is 1. The molecule has 0 bridgehead atoms. The van der Waals surface area contributed by atoms with Gasteiger partial charge in [-0.25, -0.2) is 0 Å². The molecular weight excluding hydrogens is 342 g/mol. The monoisotopic (exact) mass is 371 g/mol. The summed E-state index contributed by atoms with van der Waals surface area (Å²) >= 11 is 0. The zero-order valence-electron chi connectivity index (χ0n) is 16.4. The van der Waals surface area contributed by atoms with Crippen LogP contribution in [0, 0.1) is 11.3 Å². The SMILES string of the molecule is CN1CC(C(=O)NCC(C)(C)C)C=C2c3cccc4c3C(O)(CC21)C(O)N4. The first-order valence-corrected chi connectivity index (χ1v) is 9.61. The molecule has 4 N–H and O–H groups in total. The van der Waals surface area contributed by atoms with Crippen molar-refractivity contribution in [3.8, 4) is 0 Å². The number of carbonyl (C=O) groups is 1. The molecule has 27 heavy (non-hydrogen) atoms. The van der Waals surface area contributed by atoms with E-state index in [1.165, 1.54) is 0 Å². The van der Waals surface area contributed by atoms with E-state index in [0.717, 1.165) is 22.4 Å². The van der Waals surface area contributed by atoms with Gasteiger partial charge >= 0.3 is 0 Å². The number of nitrogens with zero attached hydrogens (tertiary/aromatic N) is 1. The highest BCUT2D eigenvalue weighted by molar-refractivity contribution is 5.88. The van der Waals surface area contributed by atoms with Crippen molar-refractivity contribution in [3.63, 3.8) is 0 Å². The summed E-state index contributed by atoms with van der Waals surface area (Å²) in [5.74, 6) is -0.195. The lowest BCUT2D eigenvalue weighted by Crippen LogP contribution is -2.52. The number of amides is 1. The molecule has 146 valence electrons. The van der Waals surface area contributed by atoms with Crippen LogP contribution in [0.2, 0.25) is 0 Å². The Kier molecular flexibility index (Phi) is 4.14. The van der Waals surface area contributed by atoms with Crippen LogP contribution in [0.15, 0.2) is 24.3 Å². The lowest BCUT2D eigenvalue weighted by Gasteiger charge is -2.45. The molecule has 0 fully saturated rings. The molecule has 1 aromatic carbocycles. The molecule has 3 aliphatic rings. The largest absolute Gasteiger partial charge is 0.380 e. The summed E-state index contributed by atoms with van der Waals surface area (Å²) < 4.78 is 0. The molecule has 0 saturated heterocycles. The second-order valence-electron chi connectivity index (χ2n) is 9.37. The fourth-order valence-electron chi connectivity index (χ4n) is 4.52. The molecule has 0 saturated carbocycles. The highest BCUT2D eigenvalue weighted by Crippen LogP contribution is 2.52. The zero-order chi connectivity index (χ0) is 19.6. The van der Waals surface area contributed by atoms with Crippen LogP contribution in [0.3, 0.4) is 0 Å². The Hall–Kier alpha value is -1.89. The van der Waals surface area contributed by atoms with Crippen molar-refractivity contribution in [3.05, 3.63) is 35.4 Å². The van der Waals surface area contributed by atoms with Gasteiger partial charge in [-0.2, -0.15) is 0 Å². The number of aliphatic hydroxyl groups is 2. The molecule has 1 aromatic rings. The Morgan fingerprint density at radius 2 is 2.15 bits per heavy atom. The van der Waals surface area contributed by atoms with Crippen LogP contribution in [-0.2, 0) is 10.4 Å². The van der Waals surface area contributed by atoms with Crippen molar-refractivity contribution in [1.82, 2.24) is 10.2 Å². The third-order valence-electron chi connectivity index (χ3n) is 5.94. The van der Waals surface area contributed by atoms with E-state index in [1.54, 1.807) is 0 Å². The normalized spacial score (nSPS) is 32.2. The third kappa shape index (κ3) is 2.96. The first-order valence-electron chi connectivity index (χ1n) is 9.61. The van der Waals surface area contributed by atoms with E-state index in [1.807, 2.05) is 25.2 Å². The topological polar surface area (TPSA) is 84.8 Å². The van der Waals surface area contributed by atoms with Gasteiger partial charge in [0.15, 0.2) is 6.23 Å². The smallest absolute Gasteiger partial charge is 0.228 e. The van der Waals surface area contributed by atoms with Crippen molar-refractivity contribution in [2.45, 2.75) is 45.1 Å². The molecule has 4 atom stereocenters. The maximum absolute atomic E-state index is 12.8. The van der Waals surface area contributed by atoms with Crippen molar-refractivity contribution >= 4 is 17.2 Å². The minimum absolute atomic E-state index is 0.0287. The van der Waals surface area contributed by atoms with Gasteiger partial charge < -0.3 is 20.8 Å². The van der Waals surface area contributed by atoms with E-state index in [9.17, 15) is 15.0 Å². The highest BCUT2D eigenvalue weighted by Gasteiger charge is 2.53. The molecule has 1 aliphatic carbocycles. The van der Waals surface area contributed by atoms with Crippen LogP contribution in [0.5, 0.6) is 0 Å². The second kappa shape index (κ2) is 6.06. The maximum Gasteiger partial charge on any atom is 0.228 e. The number of aliphatic hydroxyl groups excluding tert-OH is 1. The van der Waals surface area contributed by atoms with Crippen molar-refractivity contribution in [2.75, 3.05) is 25.5 Å². The maximum atomic E-state index is 12.8. The molecule has 6 nitrogen and oxygen atoms in total. The second-order valence-corrected chi connectivity index (χ2v) is 9.37. The summed E-state index contributed by atoms with van der Waals surface area (Å²) in [5, 5.41) is 27.7. The average Bonchev–Trinajstić information content (AvgIpc) is 2.85. The molecule has 2 heterocycles. The Bertz CT molecular complexity index is 813. The molecule has 2 aliphatic heterocycles. The summed E-state index contributed by atoms with van der Waals surface area (Å²) in [6, 6.07) is 5.75. The Morgan fingerprint density at radius 1 is 1.41 bits per heavy atom. The van der Waals surface area contributed by atoms with E-state index in [-0.39, 0.29) is 23.3 Å². The number of carbonyl (C=O) groups excluding carboxylic acids is 1. The number of fused-ring (bicyclic) bond motifs is 2. The molecule has 6 heteroatoms. The summed E-state index contributed by atoms with van der Waals surface area (Å²) in [7, 11) is 1.98. The summed E-state index contributed by atoms with van der Waals surface area (Å²) in [5.41, 5.74) is 2.25. The van der Waals surface area contributed by atoms with Crippen molar-refractivity contribution < 1.29 is 15.0 Å². The number of hydrogen-bond donors (Lipinski definition) is 4. The van der Waals surface area contributed by atoms with Gasteiger partial charge in [0, 0.05) is 36.8 Å². The minimum Gasteiger partial charge on any atom is -0.380 e. The van der Waals surface area contributed by atoms with Gasteiger partial charge in [-0.3, -0.25) is 9.69 Å². The van der Waals surface area contributed by atoms with Crippen LogP contribution in [-0.4, -0.2) is 53.4 Å². The van der Waals surface area contributed by atoms with Crippen LogP contribution in [0.25, 0.3) is 5.57 Å². The Labute approximate surface area is 160 Å². The molecule has 1 amide bonds. The predicted molar refractivity (Wildman–Crippen MR) is 105 cm³/mol. The van der Waals surface area contributed by atoms with Gasteiger partial charge in [-0.15, -0.1) is 0 Å². The van der Waals surface area contributed by atoms with Gasteiger partial charge in [0.05, 0.1) is 5.92 Å². The summed E-state index contributed by atoms with van der Waals surface area (Å²) in [6.45, 7) is 7.53. The fraction of sp³-hybridized carbons (Fsp3) is 0.571. The van der Waals surface area contributed by atoms with Crippen LogP contribution < -0.4 is 10.6 Å². The Balaban J connectivity index is 1.71. The fourth-order valence-corrected chi connectivity index (χ4v) is 4.52. The van der Waals surface area contributed by atoms with E-state index in [2.05, 4.69) is 42.4 Å². The molecule has 4 unspecified atom stereocenters. The van der Waals surface area contributed by atoms with Crippen molar-refractivity contribution in [1.29, 1.82) is 0 Å². The van der Waals surface area contributed by atoms with Crippen molar-refractivity contribution in [2.24, 2.45) is 11.3 Å². The highest BCUT2D eigenvalue weighted by atomic mass is 16.4. The van der Waals surface area contributed by atoms with Crippen LogP contribution in [0.4, 0.5) is 5.69 Å². The Morgan fingerprint density at radius 3 is 2.85 bits per heavy atom. The number of hydrogen-bond acceptors (Lipinski definition) is 5. The lowest BCUT2D eigenvalue weighted by atomic mass is 9.71. The van der Waals surface area contributed by atoms with E-state index in [0.29, 0.717) is 19.5 Å². The lowest BCUT2D eigenvalue weighted by molar-refractivity contribution is -0.125. The van der Waals surface area contributed by atoms with E-state index >= 15 is 0 Å². The van der Waals surface area contributed by atoms with Crippen LogP contribution in [0.1, 0.15) is 38.3 Å². The minimum atomic E-state index is -1.30. The number of rotatable bonds is 2. The van der Waals surface area contributed by atoms with Crippen LogP contribution >= 0.6 is 0 Å². The quantitative estimate of drug-likeness (QED) is 0.633. The van der Waals surface area contributed by atoms with Gasteiger partial charge in [0.25, 0.3) is 0 Å². The molecule has 0 aromatic heterocycles. The van der Waals surface area contributed by atoms with E-state index < -0.39 is 11.8 Å². The zero-order valence-corrected chi connectivity index (χ0v) is 16.4. The van der Waals surface area contributed by atoms with Gasteiger partial charge in [-0.1, -0.05) is 39.0 Å². The van der Waals surface area contributed by atoms with Gasteiger partial charge in [0.1, 0.15) is 5.60 Å². The molecular formula is C21H29N3O3. The number of anilines is 1. The van der Waals surface area contributed by atoms with E-state index in [4.69, 9.17) is 0 Å². The first-order chi connectivity index (χ1) is 12.6. The van der Waals surface area contributed by atoms with Gasteiger partial charge in [-0.05, 0) is 29.7 Å². The number of nitrogens with one attached hydrogen (secondary N) is 2. The molecule has 0 radical (unpaired) electrons. The summed E-state index contributed by atoms with van der Waals surface area (Å²) in [4.78, 5) is 14.9. The molecule has 0 spiro atoms. The number of benzene rings is 1.